The van der Waals surface area contributed by atoms with E-state index in [-0.39, 0.29) is 5.91 Å². The first-order chi connectivity index (χ1) is 12.7. The molecule has 5 heteroatoms. The fourth-order valence-electron chi connectivity index (χ4n) is 3.35. The van der Waals surface area contributed by atoms with Gasteiger partial charge < -0.3 is 15.0 Å². The topological polar surface area (TPSA) is 41.6 Å². The van der Waals surface area contributed by atoms with Crippen LogP contribution in [0.3, 0.4) is 0 Å². The summed E-state index contributed by atoms with van der Waals surface area (Å²) in [4.78, 5) is 15.1. The highest BCUT2D eigenvalue weighted by Gasteiger charge is 2.30. The van der Waals surface area contributed by atoms with Crippen LogP contribution in [0.15, 0.2) is 54.6 Å². The Morgan fingerprint density at radius 3 is 2.42 bits per heavy atom. The molecule has 2 aromatic rings. The lowest BCUT2D eigenvalue weighted by Gasteiger charge is -2.34. The Labute approximate surface area is 160 Å². The molecule has 1 heterocycles. The SMILES string of the molecule is CNCC1CCN(C(=O)C(Oc2ccc(Cl)cc2)c2ccccc2)CC1. The van der Waals surface area contributed by atoms with Crippen molar-refractivity contribution in [1.29, 1.82) is 0 Å². The van der Waals surface area contributed by atoms with Crippen molar-refractivity contribution in [3.05, 3.63) is 65.2 Å². The summed E-state index contributed by atoms with van der Waals surface area (Å²) in [5.74, 6) is 1.30. The molecule has 4 nitrogen and oxygen atoms in total. The summed E-state index contributed by atoms with van der Waals surface area (Å²) >= 11 is 5.95. The number of likely N-dealkylation sites (tertiary alicyclic amines) is 1. The van der Waals surface area contributed by atoms with Crippen molar-refractivity contribution in [1.82, 2.24) is 10.2 Å². The summed E-state index contributed by atoms with van der Waals surface area (Å²) in [6.07, 6.45) is 1.41. The maximum atomic E-state index is 13.2. The third-order valence-electron chi connectivity index (χ3n) is 4.81. The molecule has 0 spiro atoms. The monoisotopic (exact) mass is 372 g/mol. The van der Waals surface area contributed by atoms with Crippen LogP contribution >= 0.6 is 11.6 Å². The number of amides is 1. The van der Waals surface area contributed by atoms with Crippen LogP contribution in [0, 0.1) is 5.92 Å². The number of hydrogen-bond donors (Lipinski definition) is 1. The summed E-state index contributed by atoms with van der Waals surface area (Å²) in [6.45, 7) is 2.56. The molecule has 0 saturated carbocycles. The summed E-state index contributed by atoms with van der Waals surface area (Å²) in [7, 11) is 1.98. The minimum Gasteiger partial charge on any atom is -0.476 e. The molecular weight excluding hydrogens is 348 g/mol. The normalized spacial score (nSPS) is 16.3. The summed E-state index contributed by atoms with van der Waals surface area (Å²) in [5.41, 5.74) is 0.866. The molecular formula is C21H25ClN2O2. The Balaban J connectivity index is 1.75. The van der Waals surface area contributed by atoms with Gasteiger partial charge in [-0.3, -0.25) is 4.79 Å². The Hall–Kier alpha value is -2.04. The van der Waals surface area contributed by atoms with Crippen LogP contribution < -0.4 is 10.1 Å². The van der Waals surface area contributed by atoms with Crippen LogP contribution in [0.5, 0.6) is 5.75 Å². The van der Waals surface area contributed by atoms with Gasteiger partial charge in [0.05, 0.1) is 0 Å². The number of piperidine rings is 1. The second-order valence-corrected chi connectivity index (χ2v) is 7.13. The lowest BCUT2D eigenvalue weighted by molar-refractivity contribution is -0.140. The lowest BCUT2D eigenvalue weighted by atomic mass is 9.96. The number of ether oxygens (including phenoxy) is 1. The van der Waals surface area contributed by atoms with E-state index in [0.717, 1.165) is 38.0 Å². The second-order valence-electron chi connectivity index (χ2n) is 6.69. The number of hydrogen-bond acceptors (Lipinski definition) is 3. The van der Waals surface area contributed by atoms with Crippen molar-refractivity contribution in [2.45, 2.75) is 18.9 Å². The maximum absolute atomic E-state index is 13.2. The Morgan fingerprint density at radius 1 is 1.15 bits per heavy atom. The number of carbonyl (C=O) groups is 1. The van der Waals surface area contributed by atoms with E-state index in [9.17, 15) is 4.79 Å². The fraction of sp³-hybridized carbons (Fsp3) is 0.381. The molecule has 1 amide bonds. The molecule has 1 atom stereocenters. The van der Waals surface area contributed by atoms with Crippen molar-refractivity contribution >= 4 is 17.5 Å². The van der Waals surface area contributed by atoms with E-state index in [1.807, 2.05) is 42.3 Å². The standard InChI is InChI=1S/C21H25ClN2O2/c1-23-15-16-11-13-24(14-12-16)21(25)20(17-5-3-2-4-6-17)26-19-9-7-18(22)8-10-19/h2-10,16,20,23H,11-15H2,1H3. The van der Waals surface area contributed by atoms with Gasteiger partial charge in [0, 0.05) is 23.7 Å². The molecule has 1 aliphatic heterocycles. The first kappa shape index (κ1) is 18.7. The highest BCUT2D eigenvalue weighted by molar-refractivity contribution is 6.30. The van der Waals surface area contributed by atoms with Crippen molar-refractivity contribution in [3.63, 3.8) is 0 Å². The van der Waals surface area contributed by atoms with E-state index in [2.05, 4.69) is 5.32 Å². The van der Waals surface area contributed by atoms with E-state index in [1.165, 1.54) is 0 Å². The number of halogens is 1. The van der Waals surface area contributed by atoms with Crippen molar-refractivity contribution in [3.8, 4) is 5.75 Å². The van der Waals surface area contributed by atoms with Crippen LogP contribution in [-0.2, 0) is 4.79 Å². The van der Waals surface area contributed by atoms with E-state index in [0.29, 0.717) is 16.7 Å². The van der Waals surface area contributed by atoms with Crippen molar-refractivity contribution in [2.24, 2.45) is 5.92 Å². The molecule has 1 fully saturated rings. The number of benzene rings is 2. The Kier molecular flexibility index (Phi) is 6.53. The van der Waals surface area contributed by atoms with E-state index < -0.39 is 6.10 Å². The molecule has 0 aliphatic carbocycles. The number of nitrogens with zero attached hydrogens (tertiary/aromatic N) is 1. The lowest BCUT2D eigenvalue weighted by Crippen LogP contribution is -2.43. The van der Waals surface area contributed by atoms with Crippen LogP contribution in [0.4, 0.5) is 0 Å². The number of rotatable bonds is 6. The molecule has 3 rings (SSSR count). The molecule has 1 saturated heterocycles. The molecule has 1 N–H and O–H groups in total. The molecule has 138 valence electrons. The Bertz CT molecular complexity index is 698. The van der Waals surface area contributed by atoms with E-state index >= 15 is 0 Å². The first-order valence-corrected chi connectivity index (χ1v) is 9.45. The van der Waals surface area contributed by atoms with Crippen LogP contribution in [0.2, 0.25) is 5.02 Å². The van der Waals surface area contributed by atoms with Gasteiger partial charge >= 0.3 is 0 Å². The van der Waals surface area contributed by atoms with Gasteiger partial charge in [-0.25, -0.2) is 0 Å². The minimum absolute atomic E-state index is 0.0223. The zero-order valence-corrected chi connectivity index (χ0v) is 15.8. The third-order valence-corrected chi connectivity index (χ3v) is 5.07. The molecule has 26 heavy (non-hydrogen) atoms. The van der Waals surface area contributed by atoms with Gasteiger partial charge in [-0.1, -0.05) is 41.9 Å². The molecule has 0 radical (unpaired) electrons. The zero-order chi connectivity index (χ0) is 18.4. The van der Waals surface area contributed by atoms with Gasteiger partial charge in [-0.05, 0) is 56.6 Å². The quantitative estimate of drug-likeness (QED) is 0.835. The summed E-state index contributed by atoms with van der Waals surface area (Å²) < 4.78 is 6.08. The number of nitrogens with one attached hydrogen (secondary N) is 1. The highest BCUT2D eigenvalue weighted by Crippen LogP contribution is 2.27. The summed E-state index contributed by atoms with van der Waals surface area (Å²) in [6, 6.07) is 16.8. The predicted octanol–water partition coefficient (Wildman–Crippen LogP) is 3.92. The van der Waals surface area contributed by atoms with Gasteiger partial charge in [0.2, 0.25) is 6.10 Å². The fourth-order valence-corrected chi connectivity index (χ4v) is 3.48. The molecule has 0 bridgehead atoms. The third kappa shape index (κ3) is 4.77. The van der Waals surface area contributed by atoms with E-state index in [1.54, 1.807) is 24.3 Å². The molecule has 2 aromatic carbocycles. The molecule has 0 aromatic heterocycles. The predicted molar refractivity (Wildman–Crippen MR) is 104 cm³/mol. The largest absolute Gasteiger partial charge is 0.476 e. The minimum atomic E-state index is -0.641. The highest BCUT2D eigenvalue weighted by atomic mass is 35.5. The maximum Gasteiger partial charge on any atom is 0.268 e. The van der Waals surface area contributed by atoms with Crippen molar-refractivity contribution < 1.29 is 9.53 Å². The Morgan fingerprint density at radius 2 is 1.81 bits per heavy atom. The van der Waals surface area contributed by atoms with Gasteiger partial charge in [-0.2, -0.15) is 0 Å². The summed E-state index contributed by atoms with van der Waals surface area (Å²) in [5, 5.41) is 3.87. The molecule has 1 unspecified atom stereocenters. The zero-order valence-electron chi connectivity index (χ0n) is 15.0. The molecule has 1 aliphatic rings. The van der Waals surface area contributed by atoms with E-state index in [4.69, 9.17) is 16.3 Å². The van der Waals surface area contributed by atoms with Gasteiger partial charge in [0.1, 0.15) is 5.75 Å². The average molecular weight is 373 g/mol. The van der Waals surface area contributed by atoms with Crippen LogP contribution in [0.25, 0.3) is 0 Å². The average Bonchev–Trinajstić information content (AvgIpc) is 2.68. The smallest absolute Gasteiger partial charge is 0.268 e. The second kappa shape index (κ2) is 9.06. The number of carbonyl (C=O) groups excluding carboxylic acids is 1. The van der Waals surface area contributed by atoms with Crippen molar-refractivity contribution in [2.75, 3.05) is 26.7 Å². The van der Waals surface area contributed by atoms with Crippen LogP contribution in [0.1, 0.15) is 24.5 Å². The van der Waals surface area contributed by atoms with Crippen LogP contribution in [-0.4, -0.2) is 37.5 Å². The van der Waals surface area contributed by atoms with Gasteiger partial charge in [0.25, 0.3) is 5.91 Å². The van der Waals surface area contributed by atoms with Gasteiger partial charge in [0.15, 0.2) is 0 Å². The first-order valence-electron chi connectivity index (χ1n) is 9.08. The van der Waals surface area contributed by atoms with Gasteiger partial charge in [-0.15, -0.1) is 0 Å².